The van der Waals surface area contributed by atoms with Gasteiger partial charge in [0.15, 0.2) is 0 Å². The van der Waals surface area contributed by atoms with Crippen LogP contribution in [0.2, 0.25) is 0 Å². The van der Waals surface area contributed by atoms with E-state index in [1.54, 1.807) is 12.1 Å². The van der Waals surface area contributed by atoms with Crippen LogP contribution < -0.4 is 4.90 Å². The molecule has 2 fully saturated rings. The lowest BCUT2D eigenvalue weighted by Crippen LogP contribution is -2.49. The van der Waals surface area contributed by atoms with Crippen molar-refractivity contribution >= 4 is 22.5 Å². The second-order valence-corrected chi connectivity index (χ2v) is 9.70. The Bertz CT molecular complexity index is 1330. The number of aromatic nitrogens is 1. The minimum Gasteiger partial charge on any atom is -0.381 e. The molecule has 36 heavy (non-hydrogen) atoms. The zero-order chi connectivity index (χ0) is 25.5. The van der Waals surface area contributed by atoms with E-state index in [1.807, 2.05) is 47.2 Å². The Morgan fingerprint density at radius 2 is 2.06 bits per heavy atom. The Balaban J connectivity index is 1.40. The molecule has 6 nitrogen and oxygen atoms in total. The van der Waals surface area contributed by atoms with E-state index in [-0.39, 0.29) is 22.8 Å². The molecule has 1 aromatic heterocycles. The number of fused-ring (bicyclic) bond motifs is 2. The number of hydrogen-bond acceptors (Lipinski definition) is 4. The Hall–Kier alpha value is -3.51. The first-order valence-corrected chi connectivity index (χ1v) is 12.0. The van der Waals surface area contributed by atoms with E-state index < -0.39 is 11.7 Å². The van der Waals surface area contributed by atoms with Crippen molar-refractivity contribution in [3.63, 3.8) is 0 Å². The molecular formula is C27H27F3N4O2. The van der Waals surface area contributed by atoms with Crippen molar-refractivity contribution < 1.29 is 22.7 Å². The van der Waals surface area contributed by atoms with Crippen molar-refractivity contribution in [2.45, 2.75) is 19.5 Å². The fourth-order valence-corrected chi connectivity index (χ4v) is 5.64. The van der Waals surface area contributed by atoms with Gasteiger partial charge in [-0.1, -0.05) is 6.07 Å². The number of nitrogens with zero attached hydrogens (tertiary/aromatic N) is 3. The number of ether oxygens (including phenoxy) is 1. The molecule has 2 atom stereocenters. The highest BCUT2D eigenvalue weighted by Crippen LogP contribution is 2.45. The predicted molar refractivity (Wildman–Crippen MR) is 130 cm³/mol. The standard InChI is InChI=1S/C27H27F3N4O2/c1-2-36-17-26-8-10-33(22-6-5-20(13-31)23(12-22)27(28,29)30)14-21(26)15-34(16-26)25(35)19-4-3-18-7-9-32-24(18)11-19/h3-7,9,11-12,21,32H,2,8,10,14-17H2,1H3/t21-,26+/m1/s1. The molecule has 0 unspecified atom stereocenters. The molecule has 2 aliphatic heterocycles. The highest BCUT2D eigenvalue weighted by Gasteiger charge is 2.51. The number of carbonyl (C=O) groups excluding carboxylic acids is 1. The number of rotatable bonds is 5. The van der Waals surface area contributed by atoms with Crippen LogP contribution in [0.25, 0.3) is 10.9 Å². The minimum absolute atomic E-state index is 0.0425. The molecule has 1 amide bonds. The van der Waals surface area contributed by atoms with Gasteiger partial charge in [0.25, 0.3) is 5.91 Å². The molecule has 5 rings (SSSR count). The van der Waals surface area contributed by atoms with Gasteiger partial charge in [0.05, 0.1) is 23.8 Å². The molecule has 0 saturated carbocycles. The van der Waals surface area contributed by atoms with E-state index >= 15 is 0 Å². The van der Waals surface area contributed by atoms with Crippen molar-refractivity contribution in [1.29, 1.82) is 5.26 Å². The summed E-state index contributed by atoms with van der Waals surface area (Å²) < 4.78 is 46.5. The zero-order valence-electron chi connectivity index (χ0n) is 19.9. The summed E-state index contributed by atoms with van der Waals surface area (Å²) in [5, 5.41) is 10.2. The summed E-state index contributed by atoms with van der Waals surface area (Å²) in [7, 11) is 0. The maximum atomic E-state index is 13.5. The lowest BCUT2D eigenvalue weighted by atomic mass is 9.73. The average Bonchev–Trinajstić information content (AvgIpc) is 3.50. The number of aromatic amines is 1. The van der Waals surface area contributed by atoms with Crippen molar-refractivity contribution in [2.24, 2.45) is 11.3 Å². The molecule has 2 aliphatic rings. The fourth-order valence-electron chi connectivity index (χ4n) is 5.64. The molecule has 188 valence electrons. The maximum Gasteiger partial charge on any atom is 0.417 e. The zero-order valence-corrected chi connectivity index (χ0v) is 19.9. The van der Waals surface area contributed by atoms with Crippen molar-refractivity contribution in [3.8, 4) is 6.07 Å². The Morgan fingerprint density at radius 1 is 1.22 bits per heavy atom. The van der Waals surface area contributed by atoms with Crippen LogP contribution in [-0.2, 0) is 10.9 Å². The van der Waals surface area contributed by atoms with E-state index in [0.717, 1.165) is 17.0 Å². The highest BCUT2D eigenvalue weighted by molar-refractivity contribution is 5.98. The van der Waals surface area contributed by atoms with E-state index in [4.69, 9.17) is 10.00 Å². The SMILES string of the molecule is CCOC[C@@]12CCN(c3ccc(C#N)c(C(F)(F)F)c3)C[C@@H]1CN(C(=O)c1ccc3cc[nH]c3c1)C2. The summed E-state index contributed by atoms with van der Waals surface area (Å²) in [5.74, 6) is -0.0120. The summed E-state index contributed by atoms with van der Waals surface area (Å²) >= 11 is 0. The van der Waals surface area contributed by atoms with Gasteiger partial charge in [-0.2, -0.15) is 18.4 Å². The summed E-state index contributed by atoms with van der Waals surface area (Å²) in [6, 6.07) is 13.1. The van der Waals surface area contributed by atoms with Crippen LogP contribution in [0.1, 0.15) is 34.8 Å². The monoisotopic (exact) mass is 496 g/mol. The first-order chi connectivity index (χ1) is 17.2. The smallest absolute Gasteiger partial charge is 0.381 e. The molecule has 3 heterocycles. The summed E-state index contributed by atoms with van der Waals surface area (Å²) in [6.45, 7) is 5.10. The van der Waals surface area contributed by atoms with E-state index in [1.165, 1.54) is 6.07 Å². The number of nitriles is 1. The fraction of sp³-hybridized carbons (Fsp3) is 0.407. The second-order valence-electron chi connectivity index (χ2n) is 9.70. The van der Waals surface area contributed by atoms with Crippen LogP contribution in [0.5, 0.6) is 0 Å². The molecular weight excluding hydrogens is 469 g/mol. The van der Waals surface area contributed by atoms with Gasteiger partial charge in [0.2, 0.25) is 0 Å². The first-order valence-electron chi connectivity index (χ1n) is 12.0. The van der Waals surface area contributed by atoms with Crippen molar-refractivity contribution in [3.05, 3.63) is 65.4 Å². The summed E-state index contributed by atoms with van der Waals surface area (Å²) in [4.78, 5) is 20.4. The molecule has 2 aromatic carbocycles. The second kappa shape index (κ2) is 9.17. The molecule has 9 heteroatoms. The Kier molecular flexibility index (Phi) is 6.17. The largest absolute Gasteiger partial charge is 0.417 e. The van der Waals surface area contributed by atoms with Gasteiger partial charge >= 0.3 is 6.18 Å². The van der Waals surface area contributed by atoms with Crippen LogP contribution >= 0.6 is 0 Å². The lowest BCUT2D eigenvalue weighted by Gasteiger charge is -2.44. The third-order valence-corrected chi connectivity index (χ3v) is 7.61. The molecule has 1 N–H and O–H groups in total. The normalized spacial score (nSPS) is 22.0. The molecule has 0 aliphatic carbocycles. The molecule has 2 saturated heterocycles. The number of piperidine rings is 1. The Labute approximate surface area is 207 Å². The van der Waals surface area contributed by atoms with E-state index in [0.29, 0.717) is 57.1 Å². The van der Waals surface area contributed by atoms with Crippen LogP contribution in [0, 0.1) is 22.7 Å². The number of nitrogens with one attached hydrogen (secondary N) is 1. The third kappa shape index (κ3) is 4.30. The van der Waals surface area contributed by atoms with Crippen molar-refractivity contribution in [1.82, 2.24) is 9.88 Å². The van der Waals surface area contributed by atoms with E-state index in [2.05, 4.69) is 4.98 Å². The lowest BCUT2D eigenvalue weighted by molar-refractivity contribution is -0.137. The van der Waals surface area contributed by atoms with Gasteiger partial charge in [-0.3, -0.25) is 4.79 Å². The maximum absolute atomic E-state index is 13.5. The first kappa shape index (κ1) is 24.2. The average molecular weight is 497 g/mol. The van der Waals surface area contributed by atoms with Crippen molar-refractivity contribution in [2.75, 3.05) is 44.3 Å². The molecule has 3 aromatic rings. The van der Waals surface area contributed by atoms with Crippen LogP contribution in [0.3, 0.4) is 0 Å². The highest BCUT2D eigenvalue weighted by atomic mass is 19.4. The van der Waals surface area contributed by atoms with Crippen LogP contribution in [0.15, 0.2) is 48.7 Å². The van der Waals surface area contributed by atoms with Crippen LogP contribution in [-0.4, -0.2) is 55.2 Å². The Morgan fingerprint density at radius 3 is 2.81 bits per heavy atom. The number of alkyl halides is 3. The number of hydrogen-bond donors (Lipinski definition) is 1. The van der Waals surface area contributed by atoms with Gasteiger partial charge in [-0.25, -0.2) is 0 Å². The summed E-state index contributed by atoms with van der Waals surface area (Å²) in [6.07, 6.45) is -2.08. The minimum atomic E-state index is -4.60. The summed E-state index contributed by atoms with van der Waals surface area (Å²) in [5.41, 5.74) is 0.386. The van der Waals surface area contributed by atoms with Crippen LogP contribution in [0.4, 0.5) is 18.9 Å². The number of anilines is 1. The van der Waals surface area contributed by atoms with Gasteiger partial charge in [0, 0.05) is 67.1 Å². The number of H-pyrrole nitrogens is 1. The third-order valence-electron chi connectivity index (χ3n) is 7.61. The van der Waals surface area contributed by atoms with Gasteiger partial charge in [0.1, 0.15) is 0 Å². The molecule has 0 spiro atoms. The topological polar surface area (TPSA) is 72.4 Å². The van der Waals surface area contributed by atoms with Gasteiger partial charge in [-0.15, -0.1) is 0 Å². The quantitative estimate of drug-likeness (QED) is 0.536. The number of carbonyl (C=O) groups is 1. The van der Waals surface area contributed by atoms with Gasteiger partial charge in [-0.05, 0) is 55.1 Å². The van der Waals surface area contributed by atoms with Gasteiger partial charge < -0.3 is 19.5 Å². The molecule has 0 bridgehead atoms. The number of benzene rings is 2. The predicted octanol–water partition coefficient (Wildman–Crippen LogP) is 5.06. The number of likely N-dealkylation sites (tertiary alicyclic amines) is 1. The number of halogens is 3. The molecule has 0 radical (unpaired) electrons. The van der Waals surface area contributed by atoms with E-state index in [9.17, 15) is 18.0 Å². The number of amides is 1.